The Labute approximate surface area is 222 Å². The molecule has 11 heteroatoms. The van der Waals surface area contributed by atoms with Crippen LogP contribution < -0.4 is 20.3 Å². The van der Waals surface area contributed by atoms with E-state index in [4.69, 9.17) is 10.9 Å². The molecule has 2 rings (SSSR count). The van der Waals surface area contributed by atoms with Gasteiger partial charge in [0.2, 0.25) is 10.0 Å². The zero-order valence-corrected chi connectivity index (χ0v) is 23.6. The van der Waals surface area contributed by atoms with E-state index in [0.29, 0.717) is 6.42 Å². The number of anilines is 2. The molecule has 0 heterocycles. The molecule has 0 aliphatic heterocycles. The van der Waals surface area contributed by atoms with Gasteiger partial charge >= 0.3 is 0 Å². The van der Waals surface area contributed by atoms with Gasteiger partial charge in [0, 0.05) is 23.0 Å². The normalized spacial score (nSPS) is 12.3. The summed E-state index contributed by atoms with van der Waals surface area (Å²) in [5, 5.41) is 16.0. The molecule has 0 bridgehead atoms. The van der Waals surface area contributed by atoms with Gasteiger partial charge in [0.1, 0.15) is 10.6 Å². The number of nitrogen functional groups attached to an aromatic ring is 1. The van der Waals surface area contributed by atoms with E-state index in [1.54, 1.807) is 0 Å². The number of nitrogens with two attached hydrogens (primary N) is 2. The summed E-state index contributed by atoms with van der Waals surface area (Å²) in [5.41, 5.74) is 6.09. The number of nitrogens with one attached hydrogen (secondary N) is 2. The molecule has 0 radical (unpaired) electrons. The van der Waals surface area contributed by atoms with Gasteiger partial charge in [0.15, 0.2) is 0 Å². The predicted octanol–water partition coefficient (Wildman–Crippen LogP) is 5.50. The topological polar surface area (TPSA) is 165 Å². The van der Waals surface area contributed by atoms with E-state index in [2.05, 4.69) is 16.4 Å². The molecule has 0 unspecified atom stereocenters. The Balaban J connectivity index is 1.76. The van der Waals surface area contributed by atoms with Crippen LogP contribution in [0.1, 0.15) is 96.8 Å². The van der Waals surface area contributed by atoms with Crippen molar-refractivity contribution in [2.75, 3.05) is 17.0 Å². The first-order chi connectivity index (χ1) is 17.6. The maximum Gasteiger partial charge on any atom is 0.296 e. The predicted molar refractivity (Wildman–Crippen MR) is 152 cm³/mol. The largest absolute Gasteiger partial charge is 0.506 e. The molecule has 0 saturated heterocycles. The average molecular weight is 557 g/mol. The van der Waals surface area contributed by atoms with E-state index in [1.165, 1.54) is 82.4 Å². The van der Waals surface area contributed by atoms with E-state index in [0.717, 1.165) is 25.3 Å². The highest BCUT2D eigenvalue weighted by Gasteiger charge is 2.23. The number of unbranched alkanes of at least 4 members (excludes halogenated alkanes) is 13. The fourth-order valence-corrected chi connectivity index (χ4v) is 6.21. The quantitative estimate of drug-likeness (QED) is 0.0870. The van der Waals surface area contributed by atoms with Gasteiger partial charge in [-0.25, -0.2) is 18.3 Å². The summed E-state index contributed by atoms with van der Waals surface area (Å²) in [6, 6.07) is 5.47. The van der Waals surface area contributed by atoms with Gasteiger partial charge in [0.05, 0.1) is 5.69 Å². The van der Waals surface area contributed by atoms with Crippen molar-refractivity contribution < 1.29 is 21.9 Å². The van der Waals surface area contributed by atoms with Crippen LogP contribution in [0.4, 0.5) is 11.4 Å². The molecule has 2 aromatic carbocycles. The maximum atomic E-state index is 12.8. The summed E-state index contributed by atoms with van der Waals surface area (Å²) in [6.07, 6.45) is 17.0. The summed E-state index contributed by atoms with van der Waals surface area (Å²) >= 11 is 0. The van der Waals surface area contributed by atoms with Crippen LogP contribution in [0.2, 0.25) is 0 Å². The Morgan fingerprint density at radius 1 is 0.811 bits per heavy atom. The summed E-state index contributed by atoms with van der Waals surface area (Å²) in [7, 11) is -8.10. The lowest BCUT2D eigenvalue weighted by molar-refractivity contribution is 0.464. The number of fused-ring (bicyclic) bond motifs is 1. The van der Waals surface area contributed by atoms with Crippen LogP contribution in [0, 0.1) is 0 Å². The van der Waals surface area contributed by atoms with Gasteiger partial charge in [-0.2, -0.15) is 8.42 Å². The van der Waals surface area contributed by atoms with Crippen LogP contribution in [-0.2, 0) is 20.2 Å². The van der Waals surface area contributed by atoms with Crippen LogP contribution in [0.25, 0.3) is 10.8 Å². The first-order valence-electron chi connectivity index (χ1n) is 13.4. The second-order valence-electron chi connectivity index (χ2n) is 9.68. The molecule has 0 spiro atoms. The second kappa shape index (κ2) is 15.4. The lowest BCUT2D eigenvalue weighted by Gasteiger charge is -2.15. The molecule has 0 amide bonds. The van der Waals surface area contributed by atoms with Crippen LogP contribution in [0.15, 0.2) is 29.2 Å². The highest BCUT2D eigenvalue weighted by atomic mass is 32.2. The third-order valence-corrected chi connectivity index (χ3v) is 8.47. The van der Waals surface area contributed by atoms with E-state index >= 15 is 0 Å². The Hall–Kier alpha value is -2.08. The monoisotopic (exact) mass is 556 g/mol. The smallest absolute Gasteiger partial charge is 0.296 e. The van der Waals surface area contributed by atoms with Crippen LogP contribution in [0.3, 0.4) is 0 Å². The Bertz CT molecular complexity index is 1200. The molecule has 0 aliphatic carbocycles. The van der Waals surface area contributed by atoms with E-state index in [9.17, 15) is 21.9 Å². The number of phenolic OH excluding ortho intramolecular Hbond substituents is 1. The summed E-state index contributed by atoms with van der Waals surface area (Å²) in [5.74, 6) is -0.504. The van der Waals surface area contributed by atoms with Crippen LogP contribution >= 0.6 is 0 Å². The van der Waals surface area contributed by atoms with Crippen molar-refractivity contribution in [2.45, 2.75) is 102 Å². The lowest BCUT2D eigenvalue weighted by atomic mass is 10.0. The highest BCUT2D eigenvalue weighted by molar-refractivity contribution is 7.90. The van der Waals surface area contributed by atoms with Crippen LogP contribution in [-0.4, -0.2) is 28.5 Å². The van der Waals surface area contributed by atoms with Gasteiger partial charge < -0.3 is 10.8 Å². The Kier molecular flexibility index (Phi) is 12.9. The highest BCUT2D eigenvalue weighted by Crippen LogP contribution is 2.39. The molecule has 0 fully saturated rings. The van der Waals surface area contributed by atoms with E-state index in [-0.39, 0.29) is 33.6 Å². The summed E-state index contributed by atoms with van der Waals surface area (Å²) in [4.78, 5) is -0.351. The van der Waals surface area contributed by atoms with Crippen molar-refractivity contribution in [1.29, 1.82) is 0 Å². The summed E-state index contributed by atoms with van der Waals surface area (Å²) in [6.45, 7) is 2.50. The first-order valence-corrected chi connectivity index (χ1v) is 16.4. The Morgan fingerprint density at radius 2 is 1.32 bits per heavy atom. The number of aromatic hydroxyl groups is 1. The molecule has 0 aromatic heterocycles. The Morgan fingerprint density at radius 3 is 1.84 bits per heavy atom. The number of benzene rings is 2. The van der Waals surface area contributed by atoms with Crippen molar-refractivity contribution in [3.63, 3.8) is 0 Å². The fraction of sp³-hybridized carbons (Fsp3) is 0.615. The van der Waals surface area contributed by atoms with Crippen molar-refractivity contribution in [3.8, 4) is 5.75 Å². The molecule has 0 saturated carbocycles. The van der Waals surface area contributed by atoms with E-state index < -0.39 is 26.0 Å². The molecular formula is C26H44N4O5S2. The lowest BCUT2D eigenvalue weighted by Crippen LogP contribution is -2.25. The van der Waals surface area contributed by atoms with Crippen molar-refractivity contribution in [3.05, 3.63) is 24.3 Å². The minimum atomic E-state index is -4.09. The van der Waals surface area contributed by atoms with Gasteiger partial charge in [0.25, 0.3) is 10.2 Å². The molecular weight excluding hydrogens is 512 g/mol. The molecule has 7 N–H and O–H groups in total. The third-order valence-electron chi connectivity index (χ3n) is 6.49. The van der Waals surface area contributed by atoms with Crippen molar-refractivity contribution >= 4 is 42.4 Å². The third kappa shape index (κ3) is 10.7. The number of hydrogen-bond donors (Lipinski definition) is 5. The number of phenols is 1. The minimum Gasteiger partial charge on any atom is -0.506 e. The first kappa shape index (κ1) is 31.1. The van der Waals surface area contributed by atoms with Crippen LogP contribution in [0.5, 0.6) is 5.75 Å². The number of sulfonamides is 1. The molecule has 210 valence electrons. The standard InChI is InChI=1S/C26H44N4O5S2/c1-2-3-4-5-6-7-8-9-10-11-12-13-14-15-19-29-36(32,33)24-20-22(27)25-21(26(24)31)17-16-18-23(25)30-37(28,34)35/h16-18,20,29-31H,2-15,19,27H2,1H3,(H2,28,34,35). The van der Waals surface area contributed by atoms with Gasteiger partial charge in [-0.05, 0) is 18.6 Å². The van der Waals surface area contributed by atoms with Crippen molar-refractivity contribution in [2.24, 2.45) is 5.14 Å². The molecule has 0 atom stereocenters. The molecule has 37 heavy (non-hydrogen) atoms. The minimum absolute atomic E-state index is 0.00332. The van der Waals surface area contributed by atoms with Gasteiger partial charge in [-0.15, -0.1) is 0 Å². The molecule has 0 aliphatic rings. The number of hydrogen-bond acceptors (Lipinski definition) is 6. The zero-order valence-electron chi connectivity index (χ0n) is 22.0. The van der Waals surface area contributed by atoms with E-state index in [1.807, 2.05) is 0 Å². The maximum absolute atomic E-state index is 12.8. The summed E-state index contributed by atoms with van der Waals surface area (Å²) < 4.78 is 53.2. The fourth-order valence-electron chi connectivity index (χ4n) is 4.52. The SMILES string of the molecule is CCCCCCCCCCCCCCCCNS(=O)(=O)c1cc(N)c2c(NS(N)(=O)=O)cccc2c1O. The second-order valence-corrected chi connectivity index (χ2v) is 12.7. The molecule has 9 nitrogen and oxygen atoms in total. The van der Waals surface area contributed by atoms with Crippen molar-refractivity contribution in [1.82, 2.24) is 4.72 Å². The van der Waals surface area contributed by atoms with Gasteiger partial charge in [-0.3, -0.25) is 4.72 Å². The average Bonchev–Trinajstić information content (AvgIpc) is 2.82. The molecule has 2 aromatic rings. The number of rotatable bonds is 19. The zero-order chi connectivity index (χ0) is 27.3. The van der Waals surface area contributed by atoms with Gasteiger partial charge in [-0.1, -0.05) is 103 Å².